The quantitative estimate of drug-likeness (QED) is 0.751. The Hall–Kier alpha value is -3.23. The zero-order chi connectivity index (χ0) is 20.1. The molecule has 0 unspecified atom stereocenters. The van der Waals surface area contributed by atoms with E-state index in [9.17, 15) is 23.2 Å². The molecule has 2 aromatic rings. The van der Waals surface area contributed by atoms with Gasteiger partial charge < -0.3 is 19.8 Å². The summed E-state index contributed by atoms with van der Waals surface area (Å²) in [6.07, 6.45) is 1.31. The van der Waals surface area contributed by atoms with Crippen LogP contribution in [0.1, 0.15) is 34.8 Å². The molecule has 0 aliphatic rings. The summed E-state index contributed by atoms with van der Waals surface area (Å²) in [5, 5.41) is 4.74. The molecule has 1 atom stereocenters. The summed E-state index contributed by atoms with van der Waals surface area (Å²) in [6.45, 7) is 3.35. The highest BCUT2D eigenvalue weighted by molar-refractivity contribution is 6.01. The average Bonchev–Trinajstić information content (AvgIpc) is 3.15. The monoisotopic (exact) mass is 380 g/mol. The molecule has 0 saturated carbocycles. The van der Waals surface area contributed by atoms with Crippen molar-refractivity contribution >= 4 is 23.5 Å². The van der Waals surface area contributed by atoms with Gasteiger partial charge in [0.15, 0.2) is 5.76 Å². The van der Waals surface area contributed by atoms with E-state index in [4.69, 9.17) is 4.42 Å². The molecule has 0 saturated heterocycles. The largest absolute Gasteiger partial charge is 0.465 e. The lowest BCUT2D eigenvalue weighted by atomic mass is 10.0. The van der Waals surface area contributed by atoms with Gasteiger partial charge in [0.05, 0.1) is 24.6 Å². The standard InChI is InChI=1S/C18H18F2N2O5/c1-9(2)15(22-16(23)14-5-4-6-27-14)17(24)21-13-7-10(18(25)26-3)11(19)8-12(13)20/h4-9,15H,1-3H3,(H,21,24)(H,22,23)/t15-/m1/s1. The first kappa shape index (κ1) is 20.1. The number of ether oxygens (including phenoxy) is 1. The van der Waals surface area contributed by atoms with Gasteiger partial charge in [0, 0.05) is 6.07 Å². The van der Waals surface area contributed by atoms with Gasteiger partial charge in [-0.2, -0.15) is 0 Å². The molecule has 0 aliphatic carbocycles. The average molecular weight is 380 g/mol. The van der Waals surface area contributed by atoms with Gasteiger partial charge in [-0.1, -0.05) is 13.8 Å². The second kappa shape index (κ2) is 8.43. The van der Waals surface area contributed by atoms with Crippen LogP contribution in [0.5, 0.6) is 0 Å². The summed E-state index contributed by atoms with van der Waals surface area (Å²) >= 11 is 0. The fourth-order valence-electron chi connectivity index (χ4n) is 2.28. The fourth-order valence-corrected chi connectivity index (χ4v) is 2.28. The number of hydrogen-bond acceptors (Lipinski definition) is 5. The number of amides is 2. The molecular weight excluding hydrogens is 362 g/mol. The molecule has 0 spiro atoms. The van der Waals surface area contributed by atoms with Gasteiger partial charge in [0.25, 0.3) is 5.91 Å². The molecule has 0 aliphatic heterocycles. The third-order valence-corrected chi connectivity index (χ3v) is 3.70. The van der Waals surface area contributed by atoms with Gasteiger partial charge in [-0.3, -0.25) is 9.59 Å². The zero-order valence-corrected chi connectivity index (χ0v) is 14.8. The van der Waals surface area contributed by atoms with Crippen LogP contribution in [0.4, 0.5) is 14.5 Å². The van der Waals surface area contributed by atoms with Crippen molar-refractivity contribution in [2.24, 2.45) is 5.92 Å². The lowest BCUT2D eigenvalue weighted by Gasteiger charge is -2.21. The van der Waals surface area contributed by atoms with E-state index in [0.717, 1.165) is 13.2 Å². The Morgan fingerprint density at radius 3 is 2.41 bits per heavy atom. The van der Waals surface area contributed by atoms with Crippen molar-refractivity contribution in [3.63, 3.8) is 0 Å². The van der Waals surface area contributed by atoms with Crippen LogP contribution in [-0.2, 0) is 9.53 Å². The van der Waals surface area contributed by atoms with Gasteiger partial charge >= 0.3 is 5.97 Å². The predicted molar refractivity (Wildman–Crippen MR) is 91.1 cm³/mol. The maximum absolute atomic E-state index is 14.0. The summed E-state index contributed by atoms with van der Waals surface area (Å²) in [5.41, 5.74) is -0.949. The van der Waals surface area contributed by atoms with E-state index in [-0.39, 0.29) is 11.7 Å². The number of carbonyl (C=O) groups excluding carboxylic acids is 3. The molecule has 0 radical (unpaired) electrons. The molecule has 1 heterocycles. The molecule has 0 bridgehead atoms. The van der Waals surface area contributed by atoms with Crippen molar-refractivity contribution in [1.82, 2.24) is 5.32 Å². The minimum absolute atomic E-state index is 0.00869. The summed E-state index contributed by atoms with van der Waals surface area (Å²) in [4.78, 5) is 36.2. The predicted octanol–water partition coefficient (Wildman–Crippen LogP) is 2.74. The van der Waals surface area contributed by atoms with Gasteiger partial charge in [-0.25, -0.2) is 13.6 Å². The van der Waals surface area contributed by atoms with Crippen molar-refractivity contribution in [2.45, 2.75) is 19.9 Å². The number of nitrogens with one attached hydrogen (secondary N) is 2. The highest BCUT2D eigenvalue weighted by atomic mass is 19.1. The minimum atomic E-state index is -1.12. The van der Waals surface area contributed by atoms with Crippen LogP contribution < -0.4 is 10.6 Å². The highest BCUT2D eigenvalue weighted by Gasteiger charge is 2.27. The molecule has 2 rings (SSSR count). The topological polar surface area (TPSA) is 97.6 Å². The lowest BCUT2D eigenvalue weighted by molar-refractivity contribution is -0.118. The van der Waals surface area contributed by atoms with Crippen molar-refractivity contribution < 1.29 is 32.3 Å². The van der Waals surface area contributed by atoms with Crippen LogP contribution in [0, 0.1) is 17.6 Å². The summed E-state index contributed by atoms with van der Waals surface area (Å²) in [6, 6.07) is 3.20. The number of carbonyl (C=O) groups is 3. The van der Waals surface area contributed by atoms with Gasteiger partial charge in [-0.15, -0.1) is 0 Å². The first-order valence-electron chi connectivity index (χ1n) is 7.97. The van der Waals surface area contributed by atoms with Crippen LogP contribution in [0.25, 0.3) is 0 Å². The first-order valence-corrected chi connectivity index (χ1v) is 7.97. The van der Waals surface area contributed by atoms with Crippen LogP contribution >= 0.6 is 0 Å². The number of methoxy groups -OCH3 is 1. The Balaban J connectivity index is 2.22. The summed E-state index contributed by atoms with van der Waals surface area (Å²) in [7, 11) is 1.04. The maximum Gasteiger partial charge on any atom is 0.340 e. The minimum Gasteiger partial charge on any atom is -0.465 e. The Bertz CT molecular complexity index is 850. The van der Waals surface area contributed by atoms with Crippen molar-refractivity contribution in [3.05, 3.63) is 53.5 Å². The van der Waals surface area contributed by atoms with Crippen molar-refractivity contribution in [3.8, 4) is 0 Å². The number of anilines is 1. The van der Waals surface area contributed by atoms with Crippen LogP contribution in [0.2, 0.25) is 0 Å². The van der Waals surface area contributed by atoms with E-state index < -0.39 is 46.7 Å². The van der Waals surface area contributed by atoms with Crippen molar-refractivity contribution in [1.29, 1.82) is 0 Å². The van der Waals surface area contributed by atoms with Crippen LogP contribution in [0.15, 0.2) is 34.9 Å². The van der Waals surface area contributed by atoms with Gasteiger partial charge in [0.2, 0.25) is 5.91 Å². The SMILES string of the molecule is COC(=O)c1cc(NC(=O)[C@H](NC(=O)c2ccco2)C(C)C)c(F)cc1F. The van der Waals surface area contributed by atoms with E-state index in [2.05, 4.69) is 15.4 Å². The fraction of sp³-hybridized carbons (Fsp3) is 0.278. The number of rotatable bonds is 6. The Morgan fingerprint density at radius 1 is 1.15 bits per heavy atom. The molecule has 2 amide bonds. The first-order chi connectivity index (χ1) is 12.7. The number of esters is 1. The Labute approximate surface area is 153 Å². The molecule has 144 valence electrons. The number of furan rings is 1. The lowest BCUT2D eigenvalue weighted by Crippen LogP contribution is -2.47. The molecular formula is C18H18F2N2O5. The Morgan fingerprint density at radius 2 is 1.85 bits per heavy atom. The van der Waals surface area contributed by atoms with Gasteiger partial charge in [0.1, 0.15) is 17.7 Å². The second-order valence-corrected chi connectivity index (χ2v) is 5.97. The molecule has 1 aromatic carbocycles. The molecule has 7 nitrogen and oxygen atoms in total. The second-order valence-electron chi connectivity index (χ2n) is 5.97. The van der Waals surface area contributed by atoms with E-state index in [1.807, 2.05) is 0 Å². The molecule has 9 heteroatoms. The molecule has 1 aromatic heterocycles. The number of halogens is 2. The van der Waals surface area contributed by atoms with E-state index >= 15 is 0 Å². The molecule has 0 fully saturated rings. The Kier molecular flexibility index (Phi) is 6.27. The molecule has 2 N–H and O–H groups in total. The van der Waals surface area contributed by atoms with E-state index in [1.165, 1.54) is 18.4 Å². The summed E-state index contributed by atoms with van der Waals surface area (Å²) in [5.74, 6) is -4.93. The van der Waals surface area contributed by atoms with Crippen molar-refractivity contribution in [2.75, 3.05) is 12.4 Å². The number of hydrogen-bond donors (Lipinski definition) is 2. The summed E-state index contributed by atoms with van der Waals surface area (Å²) < 4.78 is 37.1. The van der Waals surface area contributed by atoms with E-state index in [1.54, 1.807) is 13.8 Å². The third-order valence-electron chi connectivity index (χ3n) is 3.70. The maximum atomic E-state index is 14.0. The molecule has 27 heavy (non-hydrogen) atoms. The third kappa shape index (κ3) is 4.69. The normalized spacial score (nSPS) is 11.8. The van der Waals surface area contributed by atoms with Crippen LogP contribution in [-0.4, -0.2) is 30.9 Å². The van der Waals surface area contributed by atoms with E-state index in [0.29, 0.717) is 6.07 Å². The smallest absolute Gasteiger partial charge is 0.340 e. The number of benzene rings is 1. The van der Waals surface area contributed by atoms with Crippen LogP contribution in [0.3, 0.4) is 0 Å². The van der Waals surface area contributed by atoms with Gasteiger partial charge in [-0.05, 0) is 24.1 Å². The zero-order valence-electron chi connectivity index (χ0n) is 14.8. The highest BCUT2D eigenvalue weighted by Crippen LogP contribution is 2.21.